The van der Waals surface area contributed by atoms with Gasteiger partial charge >= 0.3 is 0 Å². The zero-order chi connectivity index (χ0) is 24.0. The molecular formula is C23H21N5O4S2. The van der Waals surface area contributed by atoms with E-state index in [9.17, 15) is 8.42 Å². The summed E-state index contributed by atoms with van der Waals surface area (Å²) in [4.78, 5) is 4.85. The summed E-state index contributed by atoms with van der Waals surface area (Å²) in [5.74, 6) is 1.69. The Morgan fingerprint density at radius 2 is 1.74 bits per heavy atom. The molecule has 0 amide bonds. The maximum absolute atomic E-state index is 13.6. The standard InChI is InChI=1S/C23H21N5O4S2/c1-13-5-6-14(2)19(9-13)34(29,30)23-22-25-21(20-18(7-8-33-20)28(22)27-26-23)24-15-10-16(31-3)12-17(11-15)32-4/h5-12H,1-4H3,(H,24,25). The van der Waals surface area contributed by atoms with Gasteiger partial charge in [0, 0.05) is 23.9 Å². The van der Waals surface area contributed by atoms with Crippen molar-refractivity contribution in [1.82, 2.24) is 19.8 Å². The van der Waals surface area contributed by atoms with Gasteiger partial charge in [-0.05, 0) is 42.5 Å². The van der Waals surface area contributed by atoms with Gasteiger partial charge < -0.3 is 14.8 Å². The van der Waals surface area contributed by atoms with Gasteiger partial charge in [0.25, 0.3) is 0 Å². The number of nitrogens with one attached hydrogen (secondary N) is 1. The van der Waals surface area contributed by atoms with Crippen LogP contribution in [0.15, 0.2) is 57.8 Å². The lowest BCUT2D eigenvalue weighted by Crippen LogP contribution is -2.07. The second-order valence-electron chi connectivity index (χ2n) is 7.72. The lowest BCUT2D eigenvalue weighted by Gasteiger charge is -2.11. The highest BCUT2D eigenvalue weighted by atomic mass is 32.2. The van der Waals surface area contributed by atoms with Crippen molar-refractivity contribution >= 4 is 48.5 Å². The molecule has 0 unspecified atom stereocenters. The smallest absolute Gasteiger partial charge is 0.229 e. The molecular weight excluding hydrogens is 474 g/mol. The highest BCUT2D eigenvalue weighted by molar-refractivity contribution is 7.91. The average molecular weight is 496 g/mol. The first-order valence-electron chi connectivity index (χ1n) is 10.3. The summed E-state index contributed by atoms with van der Waals surface area (Å²) in [6.07, 6.45) is 0. The minimum absolute atomic E-state index is 0.143. The predicted octanol–water partition coefficient (Wildman–Crippen LogP) is 4.55. The molecule has 0 atom stereocenters. The van der Waals surface area contributed by atoms with Crippen molar-refractivity contribution in [3.05, 3.63) is 59.0 Å². The third kappa shape index (κ3) is 3.62. The van der Waals surface area contributed by atoms with Crippen LogP contribution >= 0.6 is 11.3 Å². The molecule has 5 aromatic rings. The second kappa shape index (κ2) is 8.26. The minimum Gasteiger partial charge on any atom is -0.497 e. The zero-order valence-electron chi connectivity index (χ0n) is 18.9. The molecule has 0 fully saturated rings. The Labute approximate surface area is 199 Å². The van der Waals surface area contributed by atoms with Gasteiger partial charge in [0.2, 0.25) is 14.9 Å². The van der Waals surface area contributed by atoms with Crippen molar-refractivity contribution in [3.63, 3.8) is 0 Å². The number of nitrogens with zero attached hydrogens (tertiary/aromatic N) is 4. The van der Waals surface area contributed by atoms with Crippen LogP contribution in [-0.2, 0) is 9.84 Å². The maximum Gasteiger partial charge on any atom is 0.229 e. The third-order valence-electron chi connectivity index (χ3n) is 5.42. The molecule has 0 saturated carbocycles. The molecule has 11 heteroatoms. The fourth-order valence-electron chi connectivity index (χ4n) is 3.70. The molecule has 0 bridgehead atoms. The van der Waals surface area contributed by atoms with Crippen molar-refractivity contribution in [2.75, 3.05) is 19.5 Å². The molecule has 0 aliphatic carbocycles. The van der Waals surface area contributed by atoms with E-state index in [0.717, 1.165) is 10.3 Å². The number of hydrogen-bond donors (Lipinski definition) is 1. The lowest BCUT2D eigenvalue weighted by molar-refractivity contribution is 0.395. The summed E-state index contributed by atoms with van der Waals surface area (Å²) in [7, 11) is -0.815. The van der Waals surface area contributed by atoms with Crippen molar-refractivity contribution in [3.8, 4) is 11.5 Å². The number of benzene rings is 2. The maximum atomic E-state index is 13.6. The molecule has 34 heavy (non-hydrogen) atoms. The number of ether oxygens (including phenoxy) is 2. The summed E-state index contributed by atoms with van der Waals surface area (Å²) in [5.41, 5.74) is 2.98. The van der Waals surface area contributed by atoms with Gasteiger partial charge in [-0.25, -0.2) is 13.4 Å². The average Bonchev–Trinajstić information content (AvgIpc) is 3.48. The first-order valence-corrected chi connectivity index (χ1v) is 12.6. The molecule has 0 aliphatic heterocycles. The van der Waals surface area contributed by atoms with Crippen molar-refractivity contribution < 1.29 is 17.9 Å². The van der Waals surface area contributed by atoms with Crippen molar-refractivity contribution in [2.45, 2.75) is 23.8 Å². The topological polar surface area (TPSA) is 108 Å². The van der Waals surface area contributed by atoms with Crippen LogP contribution in [0.2, 0.25) is 0 Å². The number of aromatic nitrogens is 4. The molecule has 0 spiro atoms. The second-order valence-corrected chi connectivity index (χ2v) is 10.5. The van der Waals surface area contributed by atoms with E-state index in [4.69, 9.17) is 9.47 Å². The van der Waals surface area contributed by atoms with Crippen LogP contribution in [0.25, 0.3) is 15.9 Å². The molecule has 3 heterocycles. The molecule has 5 rings (SSSR count). The number of methoxy groups -OCH3 is 2. The van der Waals surface area contributed by atoms with Crippen LogP contribution in [0.1, 0.15) is 11.1 Å². The Morgan fingerprint density at radius 1 is 1.00 bits per heavy atom. The molecule has 0 aliphatic rings. The monoisotopic (exact) mass is 495 g/mol. The summed E-state index contributed by atoms with van der Waals surface area (Å²) >= 11 is 1.46. The van der Waals surface area contributed by atoms with Crippen LogP contribution in [0, 0.1) is 13.8 Å². The number of thiophene rings is 1. The van der Waals surface area contributed by atoms with Crippen LogP contribution in [-0.4, -0.2) is 42.4 Å². The van der Waals surface area contributed by atoms with Crippen LogP contribution in [0.4, 0.5) is 11.5 Å². The number of hydrogen-bond acceptors (Lipinski definition) is 9. The van der Waals surface area contributed by atoms with Gasteiger partial charge in [-0.3, -0.25) is 0 Å². The van der Waals surface area contributed by atoms with Gasteiger partial charge in [0.1, 0.15) is 11.5 Å². The fourth-order valence-corrected chi connectivity index (χ4v) is 6.07. The number of anilines is 2. The molecule has 1 N–H and O–H groups in total. The number of rotatable bonds is 6. The van der Waals surface area contributed by atoms with Crippen LogP contribution in [0.3, 0.4) is 0 Å². The number of fused-ring (bicyclic) bond motifs is 3. The van der Waals surface area contributed by atoms with Gasteiger partial charge in [-0.15, -0.1) is 16.4 Å². The molecule has 0 saturated heterocycles. The van der Waals surface area contributed by atoms with Gasteiger partial charge in [-0.1, -0.05) is 17.3 Å². The summed E-state index contributed by atoms with van der Waals surface area (Å²) in [6, 6.07) is 12.5. The molecule has 3 aromatic heterocycles. The zero-order valence-corrected chi connectivity index (χ0v) is 20.5. The fraction of sp³-hybridized carbons (Fsp3) is 0.174. The predicted molar refractivity (Wildman–Crippen MR) is 130 cm³/mol. The summed E-state index contributed by atoms with van der Waals surface area (Å²) in [5, 5.41) is 13.2. The highest BCUT2D eigenvalue weighted by Gasteiger charge is 2.29. The van der Waals surface area contributed by atoms with Gasteiger partial charge in [-0.2, -0.15) is 4.52 Å². The lowest BCUT2D eigenvalue weighted by atomic mass is 10.2. The third-order valence-corrected chi connectivity index (χ3v) is 8.13. The number of sulfone groups is 1. The van der Waals surface area contributed by atoms with E-state index in [-0.39, 0.29) is 15.6 Å². The van der Waals surface area contributed by atoms with Gasteiger partial charge in [0.15, 0.2) is 11.5 Å². The van der Waals surface area contributed by atoms with E-state index in [0.29, 0.717) is 34.1 Å². The minimum atomic E-state index is -3.96. The Kier molecular flexibility index (Phi) is 5.37. The normalized spacial score (nSPS) is 11.8. The summed E-state index contributed by atoms with van der Waals surface area (Å²) < 4.78 is 40.1. The van der Waals surface area contributed by atoms with E-state index in [1.54, 1.807) is 51.5 Å². The van der Waals surface area contributed by atoms with Crippen LogP contribution < -0.4 is 14.8 Å². The Bertz CT molecular complexity index is 1640. The van der Waals surface area contributed by atoms with Crippen molar-refractivity contribution in [2.24, 2.45) is 0 Å². The first-order chi connectivity index (χ1) is 16.3. The van der Waals surface area contributed by atoms with Gasteiger partial charge in [0.05, 0.1) is 29.3 Å². The van der Waals surface area contributed by atoms with E-state index in [1.807, 2.05) is 24.4 Å². The largest absolute Gasteiger partial charge is 0.497 e. The molecule has 2 aromatic carbocycles. The first kappa shape index (κ1) is 22.1. The van der Waals surface area contributed by atoms with Crippen LogP contribution in [0.5, 0.6) is 11.5 Å². The Morgan fingerprint density at radius 3 is 2.44 bits per heavy atom. The highest BCUT2D eigenvalue weighted by Crippen LogP contribution is 2.35. The molecule has 9 nitrogen and oxygen atoms in total. The Balaban J connectivity index is 1.70. The number of aryl methyl sites for hydroxylation is 2. The van der Waals surface area contributed by atoms with E-state index in [2.05, 4.69) is 20.6 Å². The summed E-state index contributed by atoms with van der Waals surface area (Å²) in [6.45, 7) is 3.60. The van der Waals surface area contributed by atoms with E-state index < -0.39 is 9.84 Å². The van der Waals surface area contributed by atoms with E-state index in [1.165, 1.54) is 15.9 Å². The Hall–Kier alpha value is -3.70. The van der Waals surface area contributed by atoms with E-state index >= 15 is 0 Å². The SMILES string of the molecule is COc1cc(Nc2nc3c(S(=O)(=O)c4cc(C)ccc4C)nnn3c3ccsc23)cc(OC)c1. The molecule has 0 radical (unpaired) electrons. The van der Waals surface area contributed by atoms with Crippen molar-refractivity contribution in [1.29, 1.82) is 0 Å². The molecule has 174 valence electrons. The quantitative estimate of drug-likeness (QED) is 0.366.